The molecular weight excluding hydrogens is 342 g/mol. The molecule has 0 radical (unpaired) electrons. The lowest BCUT2D eigenvalue weighted by Crippen LogP contribution is -2.53. The number of ether oxygens (including phenoxy) is 3. The Hall–Kier alpha value is -1.59. The van der Waals surface area contributed by atoms with Crippen molar-refractivity contribution in [3.8, 4) is 5.75 Å². The Morgan fingerprint density at radius 2 is 1.96 bits per heavy atom. The van der Waals surface area contributed by atoms with E-state index in [1.165, 1.54) is 12.8 Å². The summed E-state index contributed by atoms with van der Waals surface area (Å²) < 4.78 is 17.6. The quantitative estimate of drug-likeness (QED) is 0.732. The van der Waals surface area contributed by atoms with Crippen molar-refractivity contribution < 1.29 is 19.0 Å². The lowest BCUT2D eigenvalue weighted by molar-refractivity contribution is -0.0977. The average Bonchev–Trinajstić information content (AvgIpc) is 3.45. The molecule has 3 atom stereocenters. The van der Waals surface area contributed by atoms with E-state index in [1.54, 1.807) is 7.11 Å². The first kappa shape index (κ1) is 18.8. The Bertz CT molecular complexity index is 657. The van der Waals surface area contributed by atoms with Crippen molar-refractivity contribution in [3.63, 3.8) is 0 Å². The van der Waals surface area contributed by atoms with Crippen LogP contribution >= 0.6 is 0 Å². The summed E-state index contributed by atoms with van der Waals surface area (Å²) in [5, 5.41) is 0. The minimum absolute atomic E-state index is 0.0878. The molecule has 2 aliphatic carbocycles. The second kappa shape index (κ2) is 7.80. The van der Waals surface area contributed by atoms with Crippen LogP contribution in [-0.2, 0) is 9.47 Å². The van der Waals surface area contributed by atoms with E-state index < -0.39 is 0 Å². The van der Waals surface area contributed by atoms with Crippen molar-refractivity contribution in [2.45, 2.75) is 63.2 Å². The summed E-state index contributed by atoms with van der Waals surface area (Å²) in [6.45, 7) is 4.21. The van der Waals surface area contributed by atoms with Gasteiger partial charge in [0.2, 0.25) is 0 Å². The van der Waals surface area contributed by atoms with Gasteiger partial charge in [0.25, 0.3) is 5.91 Å². The van der Waals surface area contributed by atoms with Gasteiger partial charge < -0.3 is 19.1 Å². The zero-order valence-electron chi connectivity index (χ0n) is 16.5. The first-order chi connectivity index (χ1) is 13.1. The third-order valence-corrected chi connectivity index (χ3v) is 6.48. The van der Waals surface area contributed by atoms with Gasteiger partial charge in [0.05, 0.1) is 24.4 Å². The average molecular weight is 373 g/mol. The van der Waals surface area contributed by atoms with E-state index >= 15 is 0 Å². The van der Waals surface area contributed by atoms with Crippen LogP contribution in [0.4, 0.5) is 0 Å². The molecule has 0 spiro atoms. The Morgan fingerprint density at radius 3 is 2.63 bits per heavy atom. The molecule has 5 nitrogen and oxygen atoms in total. The molecule has 5 heteroatoms. The Kier molecular flexibility index (Phi) is 5.42. The van der Waals surface area contributed by atoms with Crippen LogP contribution < -0.4 is 4.74 Å². The van der Waals surface area contributed by atoms with Crippen LogP contribution in [0.3, 0.4) is 0 Å². The fraction of sp³-hybridized carbons (Fsp3) is 0.682. The SMILES string of the molecule is CCOc1ccc(C(=O)N2CC[C@]3(OC)CC[C@H](OCC4CC4)C[C@H]23)cc1. The smallest absolute Gasteiger partial charge is 0.254 e. The topological polar surface area (TPSA) is 48.0 Å². The number of methoxy groups -OCH3 is 1. The van der Waals surface area contributed by atoms with E-state index in [9.17, 15) is 4.79 Å². The number of likely N-dealkylation sites (tertiary alicyclic amines) is 1. The molecule has 3 aliphatic rings. The number of hydrogen-bond acceptors (Lipinski definition) is 4. The van der Waals surface area contributed by atoms with Gasteiger partial charge in [-0.05, 0) is 75.6 Å². The molecule has 1 aromatic rings. The van der Waals surface area contributed by atoms with Gasteiger partial charge in [0.1, 0.15) is 5.75 Å². The summed E-state index contributed by atoms with van der Waals surface area (Å²) in [5.74, 6) is 1.65. The fourth-order valence-corrected chi connectivity index (χ4v) is 4.64. The highest BCUT2D eigenvalue weighted by molar-refractivity contribution is 5.95. The number of nitrogens with zero attached hydrogens (tertiary/aromatic N) is 1. The first-order valence-electron chi connectivity index (χ1n) is 10.4. The van der Waals surface area contributed by atoms with E-state index in [-0.39, 0.29) is 23.7 Å². The van der Waals surface area contributed by atoms with Crippen molar-refractivity contribution in [3.05, 3.63) is 29.8 Å². The van der Waals surface area contributed by atoms with Gasteiger partial charge in [0, 0.05) is 25.8 Å². The van der Waals surface area contributed by atoms with Crippen LogP contribution in [0.15, 0.2) is 24.3 Å². The summed E-state index contributed by atoms with van der Waals surface area (Å²) in [7, 11) is 1.79. The Labute approximate surface area is 162 Å². The third-order valence-electron chi connectivity index (χ3n) is 6.48. The van der Waals surface area contributed by atoms with Gasteiger partial charge in [-0.15, -0.1) is 0 Å². The Balaban J connectivity index is 1.46. The molecule has 1 heterocycles. The van der Waals surface area contributed by atoms with Gasteiger partial charge in [-0.1, -0.05) is 0 Å². The molecule has 3 fully saturated rings. The number of carbonyl (C=O) groups excluding carboxylic acids is 1. The normalized spacial score (nSPS) is 30.2. The molecule has 1 amide bonds. The highest BCUT2D eigenvalue weighted by Gasteiger charge is 2.52. The molecular formula is C22H31NO4. The number of benzene rings is 1. The maximum atomic E-state index is 13.2. The zero-order valence-corrected chi connectivity index (χ0v) is 16.5. The highest BCUT2D eigenvalue weighted by Crippen LogP contribution is 2.44. The predicted octanol–water partition coefficient (Wildman–Crippen LogP) is 3.66. The van der Waals surface area contributed by atoms with Crippen LogP contribution in [0.2, 0.25) is 0 Å². The molecule has 27 heavy (non-hydrogen) atoms. The number of rotatable bonds is 7. The summed E-state index contributed by atoms with van der Waals surface area (Å²) in [6.07, 6.45) is 6.64. The molecule has 0 bridgehead atoms. The first-order valence-corrected chi connectivity index (χ1v) is 10.4. The third kappa shape index (κ3) is 3.85. The van der Waals surface area contributed by atoms with Crippen LogP contribution in [0.25, 0.3) is 0 Å². The molecule has 148 valence electrons. The van der Waals surface area contributed by atoms with Crippen molar-refractivity contribution in [2.75, 3.05) is 26.9 Å². The maximum absolute atomic E-state index is 13.2. The van der Waals surface area contributed by atoms with Crippen molar-refractivity contribution in [2.24, 2.45) is 5.92 Å². The molecule has 0 unspecified atom stereocenters. The summed E-state index contributed by atoms with van der Waals surface area (Å²) in [5.41, 5.74) is 0.506. The minimum Gasteiger partial charge on any atom is -0.494 e. The standard InChI is InChI=1S/C22H31NO4/c1-3-26-18-8-6-17(7-9-18)21(24)23-13-12-22(25-2)11-10-19(14-20(22)23)27-15-16-4-5-16/h6-9,16,19-20H,3-5,10-15H2,1-2H3/t19-,20-,22+/m0/s1. The minimum atomic E-state index is -0.208. The van der Waals surface area contributed by atoms with Gasteiger partial charge in [-0.3, -0.25) is 4.79 Å². The molecule has 2 saturated carbocycles. The maximum Gasteiger partial charge on any atom is 0.254 e. The van der Waals surface area contributed by atoms with E-state index in [1.807, 2.05) is 36.1 Å². The fourth-order valence-electron chi connectivity index (χ4n) is 4.64. The zero-order chi connectivity index (χ0) is 18.9. The van der Waals surface area contributed by atoms with E-state index in [0.29, 0.717) is 12.2 Å². The van der Waals surface area contributed by atoms with Crippen molar-refractivity contribution in [1.29, 1.82) is 0 Å². The number of amides is 1. The second-order valence-corrected chi connectivity index (χ2v) is 8.16. The summed E-state index contributed by atoms with van der Waals surface area (Å²) >= 11 is 0. The number of hydrogen-bond donors (Lipinski definition) is 0. The van der Waals surface area contributed by atoms with Crippen LogP contribution in [0.1, 0.15) is 55.8 Å². The van der Waals surface area contributed by atoms with Gasteiger partial charge in [-0.25, -0.2) is 0 Å². The van der Waals surface area contributed by atoms with Crippen LogP contribution in [0, 0.1) is 5.92 Å². The van der Waals surface area contributed by atoms with Crippen LogP contribution in [-0.4, -0.2) is 55.4 Å². The summed E-state index contributed by atoms with van der Waals surface area (Å²) in [4.78, 5) is 15.2. The monoisotopic (exact) mass is 373 g/mol. The van der Waals surface area contributed by atoms with Crippen molar-refractivity contribution in [1.82, 2.24) is 4.90 Å². The van der Waals surface area contributed by atoms with Gasteiger partial charge in [0.15, 0.2) is 0 Å². The Morgan fingerprint density at radius 1 is 1.19 bits per heavy atom. The van der Waals surface area contributed by atoms with Crippen molar-refractivity contribution >= 4 is 5.91 Å². The number of fused-ring (bicyclic) bond motifs is 1. The van der Waals surface area contributed by atoms with E-state index in [4.69, 9.17) is 14.2 Å². The summed E-state index contributed by atoms with van der Waals surface area (Å²) in [6, 6.07) is 7.57. The van der Waals surface area contributed by atoms with E-state index in [0.717, 1.165) is 50.5 Å². The molecule has 4 rings (SSSR count). The second-order valence-electron chi connectivity index (χ2n) is 8.16. The van der Waals surface area contributed by atoms with Gasteiger partial charge >= 0.3 is 0 Å². The molecule has 0 N–H and O–H groups in total. The van der Waals surface area contributed by atoms with Crippen LogP contribution in [0.5, 0.6) is 5.75 Å². The molecule has 1 aliphatic heterocycles. The molecule has 1 aromatic carbocycles. The molecule has 0 aromatic heterocycles. The van der Waals surface area contributed by atoms with Gasteiger partial charge in [-0.2, -0.15) is 0 Å². The molecule has 1 saturated heterocycles. The predicted molar refractivity (Wildman–Crippen MR) is 103 cm³/mol. The lowest BCUT2D eigenvalue weighted by Gasteiger charge is -2.43. The highest BCUT2D eigenvalue weighted by atomic mass is 16.5. The lowest BCUT2D eigenvalue weighted by atomic mass is 9.79. The number of carbonyl (C=O) groups is 1. The largest absolute Gasteiger partial charge is 0.494 e. The van der Waals surface area contributed by atoms with E-state index in [2.05, 4.69) is 0 Å².